The van der Waals surface area contributed by atoms with E-state index in [0.717, 1.165) is 49.6 Å². The van der Waals surface area contributed by atoms with Gasteiger partial charge in [-0.2, -0.15) is 4.37 Å². The van der Waals surface area contributed by atoms with Crippen molar-refractivity contribution in [1.82, 2.24) is 9.36 Å². The van der Waals surface area contributed by atoms with Crippen LogP contribution in [0.25, 0.3) is 22.0 Å². The van der Waals surface area contributed by atoms with Crippen LogP contribution in [-0.4, -0.2) is 9.36 Å². The van der Waals surface area contributed by atoms with Crippen LogP contribution in [0.2, 0.25) is 0 Å². The van der Waals surface area contributed by atoms with Crippen LogP contribution >= 0.6 is 35.1 Å². The number of rotatable bonds is 4. The molecule has 3 heterocycles. The smallest absolute Gasteiger partial charge is 0.174 e. The summed E-state index contributed by atoms with van der Waals surface area (Å²) in [5, 5.41) is 0.917. The molecule has 6 aromatic carbocycles. The standard InChI is InChI=1S/C38H24N4S3/c1-3-13-25(14-4-1)41-29-19-7-9-23-33(29)43-35-27(17-11-21-31(35)41)37-39-38(45-40-37)28-18-12-22-32-36(28)44-34-24-10-8-20-30(34)42(32)26-15-5-2-6-16-26/h1-24H. The molecule has 0 radical (unpaired) electrons. The van der Waals surface area contributed by atoms with Crippen LogP contribution in [0.5, 0.6) is 0 Å². The number of benzene rings is 6. The Balaban J connectivity index is 1.16. The number of para-hydroxylation sites is 4. The third-order valence-electron chi connectivity index (χ3n) is 8.03. The van der Waals surface area contributed by atoms with E-state index in [4.69, 9.17) is 9.36 Å². The van der Waals surface area contributed by atoms with Crippen LogP contribution in [0.4, 0.5) is 34.1 Å². The summed E-state index contributed by atoms with van der Waals surface area (Å²) in [5.74, 6) is 0.755. The molecule has 7 aromatic rings. The van der Waals surface area contributed by atoms with E-state index in [-0.39, 0.29) is 0 Å². The molecular formula is C38H24N4S3. The first-order chi connectivity index (χ1) is 22.3. The second-order valence-corrected chi connectivity index (χ2v) is 13.6. The first-order valence-corrected chi connectivity index (χ1v) is 17.1. The van der Waals surface area contributed by atoms with Gasteiger partial charge in [-0.05, 0) is 78.3 Å². The zero-order valence-corrected chi connectivity index (χ0v) is 26.3. The highest BCUT2D eigenvalue weighted by atomic mass is 32.2. The fourth-order valence-electron chi connectivity index (χ4n) is 6.05. The van der Waals surface area contributed by atoms with Crippen LogP contribution in [0.15, 0.2) is 165 Å². The number of hydrogen-bond acceptors (Lipinski definition) is 7. The van der Waals surface area contributed by atoms with E-state index in [2.05, 4.69) is 155 Å². The van der Waals surface area contributed by atoms with Gasteiger partial charge in [-0.15, -0.1) is 0 Å². The van der Waals surface area contributed by atoms with Gasteiger partial charge in [0, 0.05) is 42.1 Å². The Kier molecular flexibility index (Phi) is 6.47. The predicted octanol–water partition coefficient (Wildman–Crippen LogP) is 11.7. The monoisotopic (exact) mass is 632 g/mol. The van der Waals surface area contributed by atoms with Crippen molar-refractivity contribution in [3.05, 3.63) is 146 Å². The highest BCUT2D eigenvalue weighted by Gasteiger charge is 2.30. The molecule has 1 aromatic heterocycles. The molecule has 0 atom stereocenters. The summed E-state index contributed by atoms with van der Waals surface area (Å²) in [4.78, 5) is 14.7. The molecule has 2 aliphatic rings. The molecule has 0 amide bonds. The zero-order chi connectivity index (χ0) is 29.7. The highest BCUT2D eigenvalue weighted by Crippen LogP contribution is 2.56. The van der Waals surface area contributed by atoms with Crippen LogP contribution in [-0.2, 0) is 0 Å². The lowest BCUT2D eigenvalue weighted by atomic mass is 10.1. The van der Waals surface area contributed by atoms with E-state index in [9.17, 15) is 0 Å². The van der Waals surface area contributed by atoms with Gasteiger partial charge in [-0.3, -0.25) is 0 Å². The molecule has 0 fully saturated rings. The first kappa shape index (κ1) is 26.6. The van der Waals surface area contributed by atoms with E-state index in [1.807, 2.05) is 0 Å². The third-order valence-corrected chi connectivity index (χ3v) is 11.2. The number of aromatic nitrogens is 2. The largest absolute Gasteiger partial charge is 0.308 e. The quantitative estimate of drug-likeness (QED) is 0.192. The molecule has 0 spiro atoms. The lowest BCUT2D eigenvalue weighted by molar-refractivity contribution is 1.15. The van der Waals surface area contributed by atoms with Gasteiger partial charge in [0.05, 0.1) is 22.7 Å². The van der Waals surface area contributed by atoms with Crippen LogP contribution in [0.3, 0.4) is 0 Å². The number of anilines is 6. The number of hydrogen-bond donors (Lipinski definition) is 0. The van der Waals surface area contributed by atoms with Crippen molar-refractivity contribution in [1.29, 1.82) is 0 Å². The predicted molar refractivity (Wildman–Crippen MR) is 188 cm³/mol. The summed E-state index contributed by atoms with van der Waals surface area (Å²) in [5.41, 5.74) is 9.08. The summed E-state index contributed by atoms with van der Waals surface area (Å²) in [6.45, 7) is 0. The van der Waals surface area contributed by atoms with Gasteiger partial charge in [0.2, 0.25) is 0 Å². The Morgan fingerprint density at radius 1 is 0.422 bits per heavy atom. The van der Waals surface area contributed by atoms with Crippen molar-refractivity contribution >= 4 is 69.2 Å². The SMILES string of the molecule is c1ccc(N2c3ccccc3Sc3c(-c4nsc(-c5cccc6c5Sc5ccccc5N6c5ccccc5)n4)cccc32)cc1. The molecule has 4 nitrogen and oxygen atoms in total. The molecule has 0 saturated heterocycles. The Labute approximate surface area is 274 Å². The minimum Gasteiger partial charge on any atom is -0.308 e. The van der Waals surface area contributed by atoms with Crippen molar-refractivity contribution in [2.45, 2.75) is 19.6 Å². The van der Waals surface area contributed by atoms with Crippen LogP contribution in [0.1, 0.15) is 0 Å². The Morgan fingerprint density at radius 3 is 1.47 bits per heavy atom. The van der Waals surface area contributed by atoms with E-state index in [0.29, 0.717) is 0 Å². The van der Waals surface area contributed by atoms with E-state index < -0.39 is 0 Å². The second-order valence-electron chi connectivity index (χ2n) is 10.7. The molecule has 214 valence electrons. The van der Waals surface area contributed by atoms with Crippen molar-refractivity contribution < 1.29 is 0 Å². The van der Waals surface area contributed by atoms with Gasteiger partial charge in [-0.25, -0.2) is 4.98 Å². The lowest BCUT2D eigenvalue weighted by Crippen LogP contribution is -2.15. The summed E-state index contributed by atoms with van der Waals surface area (Å²) >= 11 is 5.07. The van der Waals surface area contributed by atoms with E-state index in [1.165, 1.54) is 37.6 Å². The van der Waals surface area contributed by atoms with Crippen molar-refractivity contribution in [2.75, 3.05) is 9.80 Å². The molecule has 2 aliphatic heterocycles. The lowest BCUT2D eigenvalue weighted by Gasteiger charge is -2.33. The molecule has 9 rings (SSSR count). The zero-order valence-electron chi connectivity index (χ0n) is 23.9. The normalized spacial score (nSPS) is 13.1. The fourth-order valence-corrected chi connectivity index (χ4v) is 9.15. The average molecular weight is 633 g/mol. The maximum Gasteiger partial charge on any atom is 0.174 e. The Bertz CT molecular complexity index is 2040. The minimum atomic E-state index is 0.755. The molecule has 0 saturated carbocycles. The number of fused-ring (bicyclic) bond motifs is 4. The van der Waals surface area contributed by atoms with E-state index >= 15 is 0 Å². The maximum atomic E-state index is 5.22. The third kappa shape index (κ3) is 4.46. The van der Waals surface area contributed by atoms with Crippen molar-refractivity contribution in [2.24, 2.45) is 0 Å². The maximum absolute atomic E-state index is 5.22. The second kappa shape index (κ2) is 11.0. The van der Waals surface area contributed by atoms with E-state index in [1.54, 1.807) is 23.5 Å². The molecule has 45 heavy (non-hydrogen) atoms. The van der Waals surface area contributed by atoms with Crippen molar-refractivity contribution in [3.63, 3.8) is 0 Å². The van der Waals surface area contributed by atoms with Gasteiger partial charge in [-0.1, -0.05) is 102 Å². The van der Waals surface area contributed by atoms with Crippen LogP contribution < -0.4 is 9.80 Å². The molecule has 0 N–H and O–H groups in total. The van der Waals surface area contributed by atoms with Gasteiger partial charge in [0.1, 0.15) is 5.01 Å². The summed E-state index contributed by atoms with van der Waals surface area (Å²) in [6.07, 6.45) is 0. The van der Waals surface area contributed by atoms with Gasteiger partial charge < -0.3 is 9.80 Å². The highest BCUT2D eigenvalue weighted by molar-refractivity contribution is 8.00. The average Bonchev–Trinajstić information content (AvgIpc) is 3.60. The van der Waals surface area contributed by atoms with Gasteiger partial charge in [0.15, 0.2) is 5.82 Å². The number of nitrogens with zero attached hydrogens (tertiary/aromatic N) is 4. The molecular weight excluding hydrogens is 609 g/mol. The van der Waals surface area contributed by atoms with Crippen molar-refractivity contribution in [3.8, 4) is 22.0 Å². The van der Waals surface area contributed by atoms with Crippen LogP contribution in [0, 0.1) is 0 Å². The minimum absolute atomic E-state index is 0.755. The van der Waals surface area contributed by atoms with Gasteiger partial charge >= 0.3 is 0 Å². The summed E-state index contributed by atoms with van der Waals surface area (Å²) < 4.78 is 4.97. The topological polar surface area (TPSA) is 32.3 Å². The Hall–Kier alpha value is -4.82. The summed E-state index contributed by atoms with van der Waals surface area (Å²) in [7, 11) is 0. The molecule has 7 heteroatoms. The first-order valence-electron chi connectivity index (χ1n) is 14.7. The molecule has 0 aliphatic carbocycles. The summed E-state index contributed by atoms with van der Waals surface area (Å²) in [6, 6.07) is 51.3. The van der Waals surface area contributed by atoms with Gasteiger partial charge in [0.25, 0.3) is 0 Å². The fraction of sp³-hybridized carbons (Fsp3) is 0. The molecule has 0 bridgehead atoms. The Morgan fingerprint density at radius 2 is 0.889 bits per heavy atom. The molecule has 0 unspecified atom stereocenters.